The van der Waals surface area contributed by atoms with Crippen molar-refractivity contribution in [3.63, 3.8) is 0 Å². The standard InChI is InChI=1S/C11H11ClN2O3S2/c1-6(12)10(15)14-11-13-8-4-3-7(19(2,16)17)5-9(8)18-11/h3-6H,1-2H3,(H,13,14,15)/t6-/m0/s1. The van der Waals surface area contributed by atoms with Gasteiger partial charge in [-0.1, -0.05) is 11.3 Å². The molecule has 0 aliphatic heterocycles. The smallest absolute Gasteiger partial charge is 0.243 e. The molecule has 1 aromatic heterocycles. The molecular weight excluding hydrogens is 308 g/mol. The average molecular weight is 319 g/mol. The first-order valence-electron chi connectivity index (χ1n) is 5.33. The Morgan fingerprint density at radius 3 is 2.74 bits per heavy atom. The second-order valence-electron chi connectivity index (χ2n) is 4.03. The zero-order valence-corrected chi connectivity index (χ0v) is 12.6. The third kappa shape index (κ3) is 3.23. The topological polar surface area (TPSA) is 76.1 Å². The molecule has 0 spiro atoms. The Morgan fingerprint density at radius 2 is 2.16 bits per heavy atom. The van der Waals surface area contributed by atoms with E-state index in [2.05, 4.69) is 10.3 Å². The number of benzene rings is 1. The predicted octanol–water partition coefficient (Wildman–Crippen LogP) is 2.27. The Hall–Kier alpha value is -1.18. The van der Waals surface area contributed by atoms with Gasteiger partial charge in [0.25, 0.3) is 0 Å². The zero-order chi connectivity index (χ0) is 14.2. The molecule has 1 aromatic carbocycles. The maximum Gasteiger partial charge on any atom is 0.243 e. The van der Waals surface area contributed by atoms with Crippen LogP contribution >= 0.6 is 22.9 Å². The van der Waals surface area contributed by atoms with Crippen molar-refractivity contribution in [2.45, 2.75) is 17.2 Å². The third-order valence-corrected chi connectivity index (χ3v) is 4.62. The monoisotopic (exact) mass is 318 g/mol. The Bertz CT molecular complexity index is 737. The summed E-state index contributed by atoms with van der Waals surface area (Å²) in [6.45, 7) is 1.56. The van der Waals surface area contributed by atoms with E-state index in [9.17, 15) is 13.2 Å². The molecule has 2 rings (SSSR count). The van der Waals surface area contributed by atoms with E-state index in [1.165, 1.54) is 17.4 Å². The summed E-state index contributed by atoms with van der Waals surface area (Å²) < 4.78 is 23.6. The minimum Gasteiger partial charge on any atom is -0.301 e. The molecule has 1 amide bonds. The summed E-state index contributed by atoms with van der Waals surface area (Å²) in [5.41, 5.74) is 0.634. The fourth-order valence-electron chi connectivity index (χ4n) is 1.39. The van der Waals surface area contributed by atoms with Gasteiger partial charge in [-0.3, -0.25) is 4.79 Å². The fourth-order valence-corrected chi connectivity index (χ4v) is 3.08. The predicted molar refractivity (Wildman–Crippen MR) is 76.7 cm³/mol. The summed E-state index contributed by atoms with van der Waals surface area (Å²) >= 11 is 6.85. The van der Waals surface area contributed by atoms with Crippen LogP contribution in [0.4, 0.5) is 5.13 Å². The van der Waals surface area contributed by atoms with Crippen molar-refractivity contribution in [3.05, 3.63) is 18.2 Å². The van der Waals surface area contributed by atoms with Crippen LogP contribution in [-0.2, 0) is 14.6 Å². The van der Waals surface area contributed by atoms with Crippen molar-refractivity contribution in [3.8, 4) is 0 Å². The van der Waals surface area contributed by atoms with Crippen molar-refractivity contribution in [2.75, 3.05) is 11.6 Å². The molecule has 8 heteroatoms. The maximum atomic E-state index is 11.4. The number of hydrogen-bond acceptors (Lipinski definition) is 5. The van der Waals surface area contributed by atoms with Gasteiger partial charge >= 0.3 is 0 Å². The minimum atomic E-state index is -3.25. The number of carbonyl (C=O) groups is 1. The molecule has 1 heterocycles. The Balaban J connectivity index is 2.39. The number of nitrogens with one attached hydrogen (secondary N) is 1. The van der Waals surface area contributed by atoms with Crippen molar-refractivity contribution in [2.24, 2.45) is 0 Å². The van der Waals surface area contributed by atoms with E-state index < -0.39 is 15.2 Å². The van der Waals surface area contributed by atoms with Crippen molar-refractivity contribution in [1.82, 2.24) is 4.98 Å². The van der Waals surface area contributed by atoms with Crippen LogP contribution in [0.2, 0.25) is 0 Å². The van der Waals surface area contributed by atoms with E-state index >= 15 is 0 Å². The molecule has 0 aliphatic rings. The van der Waals surface area contributed by atoms with Gasteiger partial charge in [0, 0.05) is 6.26 Å². The van der Waals surface area contributed by atoms with Gasteiger partial charge in [0.15, 0.2) is 15.0 Å². The second kappa shape index (κ2) is 5.07. The molecule has 0 radical (unpaired) electrons. The van der Waals surface area contributed by atoms with E-state index in [4.69, 9.17) is 11.6 Å². The molecule has 1 atom stereocenters. The van der Waals surface area contributed by atoms with Crippen molar-refractivity contribution >= 4 is 54.0 Å². The number of thiazole rings is 1. The van der Waals surface area contributed by atoms with Crippen LogP contribution in [0.3, 0.4) is 0 Å². The lowest BCUT2D eigenvalue weighted by Gasteiger charge is -2.01. The quantitative estimate of drug-likeness (QED) is 0.881. The summed E-state index contributed by atoms with van der Waals surface area (Å²) in [6, 6.07) is 4.65. The van der Waals surface area contributed by atoms with Crippen LogP contribution in [0.5, 0.6) is 0 Å². The number of hydrogen-bond donors (Lipinski definition) is 1. The van der Waals surface area contributed by atoms with Gasteiger partial charge in [0.1, 0.15) is 5.38 Å². The molecule has 0 unspecified atom stereocenters. The van der Waals surface area contributed by atoms with E-state index in [1.54, 1.807) is 19.1 Å². The number of aromatic nitrogens is 1. The molecule has 0 bridgehead atoms. The first-order valence-corrected chi connectivity index (χ1v) is 8.47. The summed E-state index contributed by atoms with van der Waals surface area (Å²) in [4.78, 5) is 15.9. The van der Waals surface area contributed by atoms with Crippen LogP contribution in [-0.4, -0.2) is 30.9 Å². The normalized spacial score (nSPS) is 13.4. The number of carbonyl (C=O) groups excluding carboxylic acids is 1. The number of halogens is 1. The molecule has 5 nitrogen and oxygen atoms in total. The molecule has 1 N–H and O–H groups in total. The lowest BCUT2D eigenvalue weighted by molar-refractivity contribution is -0.115. The zero-order valence-electron chi connectivity index (χ0n) is 10.2. The third-order valence-electron chi connectivity index (χ3n) is 2.38. The van der Waals surface area contributed by atoms with E-state index in [0.29, 0.717) is 15.3 Å². The van der Waals surface area contributed by atoms with Gasteiger partial charge < -0.3 is 5.32 Å². The Kier molecular flexibility index (Phi) is 3.80. The first kappa shape index (κ1) is 14.2. The highest BCUT2D eigenvalue weighted by molar-refractivity contribution is 7.90. The highest BCUT2D eigenvalue weighted by Gasteiger charge is 2.14. The molecule has 0 aliphatic carbocycles. The number of sulfone groups is 1. The average Bonchev–Trinajstić information content (AvgIpc) is 2.68. The summed E-state index contributed by atoms with van der Waals surface area (Å²) in [5, 5.41) is 2.32. The van der Waals surface area contributed by atoms with Crippen LogP contribution in [0.15, 0.2) is 23.1 Å². The number of alkyl halides is 1. The fraction of sp³-hybridized carbons (Fsp3) is 0.273. The SMILES string of the molecule is C[C@H](Cl)C(=O)Nc1nc2ccc(S(C)(=O)=O)cc2s1. The van der Waals surface area contributed by atoms with Crippen LogP contribution < -0.4 is 5.32 Å². The summed E-state index contributed by atoms with van der Waals surface area (Å²) in [6.07, 6.45) is 1.15. The second-order valence-corrected chi connectivity index (χ2v) is 7.73. The molecule has 19 heavy (non-hydrogen) atoms. The lowest BCUT2D eigenvalue weighted by atomic mass is 10.3. The van der Waals surface area contributed by atoms with Gasteiger partial charge in [-0.05, 0) is 25.1 Å². The van der Waals surface area contributed by atoms with Crippen molar-refractivity contribution in [1.29, 1.82) is 0 Å². The molecule has 0 saturated heterocycles. The number of fused-ring (bicyclic) bond motifs is 1. The van der Waals surface area contributed by atoms with Crippen LogP contribution in [0.25, 0.3) is 10.2 Å². The van der Waals surface area contributed by atoms with E-state index in [0.717, 1.165) is 6.26 Å². The number of amides is 1. The highest BCUT2D eigenvalue weighted by atomic mass is 35.5. The number of nitrogens with zero attached hydrogens (tertiary/aromatic N) is 1. The summed E-state index contributed by atoms with van der Waals surface area (Å²) in [7, 11) is -3.25. The van der Waals surface area contributed by atoms with Crippen LogP contribution in [0.1, 0.15) is 6.92 Å². The molecule has 2 aromatic rings. The van der Waals surface area contributed by atoms with Gasteiger partial charge in [0.2, 0.25) is 5.91 Å². The molecule has 0 saturated carbocycles. The molecular formula is C11H11ClN2O3S2. The van der Waals surface area contributed by atoms with Gasteiger partial charge in [0.05, 0.1) is 15.1 Å². The molecule has 0 fully saturated rings. The first-order chi connectivity index (χ1) is 8.77. The van der Waals surface area contributed by atoms with Gasteiger partial charge in [-0.15, -0.1) is 11.6 Å². The van der Waals surface area contributed by atoms with E-state index in [1.807, 2.05) is 0 Å². The number of rotatable bonds is 3. The molecule has 102 valence electrons. The maximum absolute atomic E-state index is 11.4. The van der Waals surface area contributed by atoms with E-state index in [-0.39, 0.29) is 10.8 Å². The number of anilines is 1. The summed E-state index contributed by atoms with van der Waals surface area (Å²) in [5.74, 6) is -0.343. The van der Waals surface area contributed by atoms with Crippen LogP contribution in [0, 0.1) is 0 Å². The lowest BCUT2D eigenvalue weighted by Crippen LogP contribution is -2.19. The highest BCUT2D eigenvalue weighted by Crippen LogP contribution is 2.28. The minimum absolute atomic E-state index is 0.229. The Labute approximate surface area is 119 Å². The van der Waals surface area contributed by atoms with Gasteiger partial charge in [-0.25, -0.2) is 13.4 Å². The Morgan fingerprint density at radius 1 is 1.47 bits per heavy atom. The van der Waals surface area contributed by atoms with Gasteiger partial charge in [-0.2, -0.15) is 0 Å². The largest absolute Gasteiger partial charge is 0.301 e. The van der Waals surface area contributed by atoms with Crippen molar-refractivity contribution < 1.29 is 13.2 Å².